The SMILES string of the molecule is Cc1ccc(S(=O)(=O)O[TeH])cc1. The molecule has 0 bridgehead atoms. The second kappa shape index (κ2) is 3.75. The molecule has 0 N–H and O–H groups in total. The summed E-state index contributed by atoms with van der Waals surface area (Å²) in [7, 11) is -3.49. The number of hydrogen-bond donors (Lipinski definition) is 0. The van der Waals surface area contributed by atoms with Crippen LogP contribution in [0, 0.1) is 6.92 Å². The predicted molar refractivity (Wildman–Crippen MR) is 46.6 cm³/mol. The molecule has 12 heavy (non-hydrogen) atoms. The van der Waals surface area contributed by atoms with Gasteiger partial charge in [0.2, 0.25) is 0 Å². The molecule has 0 aliphatic heterocycles. The molecule has 0 saturated carbocycles. The number of benzene rings is 1. The second-order valence-corrected chi connectivity index (χ2v) is 5.15. The third kappa shape index (κ3) is 2.20. The van der Waals surface area contributed by atoms with Crippen LogP contribution in [0.25, 0.3) is 0 Å². The van der Waals surface area contributed by atoms with Crippen molar-refractivity contribution in [1.29, 1.82) is 0 Å². The summed E-state index contributed by atoms with van der Waals surface area (Å²) in [6.45, 7) is 1.90. The van der Waals surface area contributed by atoms with Crippen LogP contribution in [0.1, 0.15) is 5.56 Å². The Morgan fingerprint density at radius 2 is 1.75 bits per heavy atom. The maximum atomic E-state index is 11.1. The fourth-order valence-electron chi connectivity index (χ4n) is 0.748. The van der Waals surface area contributed by atoms with Crippen LogP contribution >= 0.6 is 0 Å². The molecule has 0 aliphatic carbocycles. The van der Waals surface area contributed by atoms with Crippen LogP contribution in [0.4, 0.5) is 0 Å². The first kappa shape index (κ1) is 10.0. The van der Waals surface area contributed by atoms with Gasteiger partial charge in [-0.2, -0.15) is 0 Å². The van der Waals surface area contributed by atoms with Gasteiger partial charge < -0.3 is 0 Å². The molecule has 0 atom stereocenters. The molecule has 0 amide bonds. The van der Waals surface area contributed by atoms with Gasteiger partial charge in [0.1, 0.15) is 0 Å². The normalized spacial score (nSPS) is 11.5. The van der Waals surface area contributed by atoms with E-state index in [-0.39, 0.29) is 4.90 Å². The standard InChI is InChI=1S/C7H8O3STe/c1-6-2-4-7(5-3-6)11(8,9)10-12/h2-5,12H,1H3. The molecule has 1 aromatic carbocycles. The Balaban J connectivity index is 3.14. The van der Waals surface area contributed by atoms with Gasteiger partial charge in [-0.1, -0.05) is 0 Å². The molecule has 1 aromatic rings. The van der Waals surface area contributed by atoms with E-state index in [2.05, 4.69) is 2.55 Å². The topological polar surface area (TPSA) is 43.4 Å². The van der Waals surface area contributed by atoms with Gasteiger partial charge in [-0.05, 0) is 0 Å². The van der Waals surface area contributed by atoms with E-state index in [1.54, 1.807) is 12.1 Å². The van der Waals surface area contributed by atoms with Crippen molar-refractivity contribution in [3.63, 3.8) is 0 Å². The Labute approximate surface area is 85.3 Å². The third-order valence-corrected chi connectivity index (χ3v) is 4.13. The van der Waals surface area contributed by atoms with Gasteiger partial charge >= 0.3 is 85.4 Å². The Hall–Kier alpha value is -0.0804. The molecule has 0 aromatic heterocycles. The quantitative estimate of drug-likeness (QED) is 0.748. The van der Waals surface area contributed by atoms with Crippen molar-refractivity contribution in [2.75, 3.05) is 0 Å². The Bertz CT molecular complexity index is 355. The van der Waals surface area contributed by atoms with Crippen molar-refractivity contribution >= 4 is 32.8 Å². The van der Waals surface area contributed by atoms with Crippen LogP contribution in [0.15, 0.2) is 29.2 Å². The molecule has 0 spiro atoms. The second-order valence-electron chi connectivity index (χ2n) is 2.34. The van der Waals surface area contributed by atoms with E-state index in [4.69, 9.17) is 0 Å². The molecule has 66 valence electrons. The Kier molecular flexibility index (Phi) is 3.13. The van der Waals surface area contributed by atoms with E-state index in [0.29, 0.717) is 0 Å². The first-order valence-electron chi connectivity index (χ1n) is 3.21. The number of aryl methyl sites for hydroxylation is 1. The zero-order valence-corrected chi connectivity index (χ0v) is 9.76. The van der Waals surface area contributed by atoms with Gasteiger partial charge in [-0.25, -0.2) is 0 Å². The molecule has 1 rings (SSSR count). The Morgan fingerprint density at radius 1 is 1.25 bits per heavy atom. The van der Waals surface area contributed by atoms with Crippen LogP contribution in [0.2, 0.25) is 0 Å². The van der Waals surface area contributed by atoms with Crippen molar-refractivity contribution in [2.45, 2.75) is 11.8 Å². The minimum atomic E-state index is -3.49. The molecule has 0 unspecified atom stereocenters. The van der Waals surface area contributed by atoms with Crippen molar-refractivity contribution < 1.29 is 11.0 Å². The van der Waals surface area contributed by atoms with Gasteiger partial charge in [0.05, 0.1) is 0 Å². The summed E-state index contributed by atoms with van der Waals surface area (Å²) in [4.78, 5) is 0.203. The zero-order valence-electron chi connectivity index (χ0n) is 6.39. The molecule has 0 heterocycles. The summed E-state index contributed by atoms with van der Waals surface area (Å²) < 4.78 is 26.6. The minimum absolute atomic E-state index is 0.203. The van der Waals surface area contributed by atoms with E-state index >= 15 is 0 Å². The van der Waals surface area contributed by atoms with Crippen LogP contribution in [-0.2, 0) is 12.7 Å². The summed E-state index contributed by atoms with van der Waals surface area (Å²) >= 11 is 0.804. The molecular weight excluding hydrogens is 292 g/mol. The summed E-state index contributed by atoms with van der Waals surface area (Å²) in [6.07, 6.45) is 0. The number of rotatable bonds is 2. The molecule has 0 saturated heterocycles. The monoisotopic (exact) mass is 302 g/mol. The summed E-state index contributed by atoms with van der Waals surface area (Å²) in [6, 6.07) is 6.53. The molecule has 0 fully saturated rings. The van der Waals surface area contributed by atoms with Gasteiger partial charge in [-0.15, -0.1) is 0 Å². The zero-order chi connectivity index (χ0) is 9.19. The van der Waals surface area contributed by atoms with Crippen molar-refractivity contribution in [2.24, 2.45) is 0 Å². The third-order valence-electron chi connectivity index (χ3n) is 1.41. The van der Waals surface area contributed by atoms with Crippen LogP contribution < -0.4 is 0 Å². The average Bonchev–Trinajstić information content (AvgIpc) is 2.05. The molecule has 5 heteroatoms. The van der Waals surface area contributed by atoms with E-state index in [9.17, 15) is 8.42 Å². The van der Waals surface area contributed by atoms with Crippen molar-refractivity contribution in [3.05, 3.63) is 29.8 Å². The first-order chi connectivity index (χ1) is 5.56. The van der Waals surface area contributed by atoms with E-state index < -0.39 is 10.1 Å². The summed E-state index contributed by atoms with van der Waals surface area (Å²) in [5.74, 6) is 0. The van der Waals surface area contributed by atoms with Crippen LogP contribution in [0.5, 0.6) is 0 Å². The molecular formula is C7H8O3STe. The van der Waals surface area contributed by atoms with Gasteiger partial charge in [0.25, 0.3) is 0 Å². The maximum absolute atomic E-state index is 11.1. The van der Waals surface area contributed by atoms with Crippen molar-refractivity contribution in [1.82, 2.24) is 0 Å². The first-order valence-corrected chi connectivity index (χ1v) is 5.66. The van der Waals surface area contributed by atoms with E-state index in [1.807, 2.05) is 6.92 Å². The fourth-order valence-corrected chi connectivity index (χ4v) is 2.04. The molecule has 3 nitrogen and oxygen atoms in total. The average molecular weight is 300 g/mol. The number of hydrogen-bond acceptors (Lipinski definition) is 3. The van der Waals surface area contributed by atoms with Gasteiger partial charge in [0.15, 0.2) is 0 Å². The van der Waals surface area contributed by atoms with Crippen molar-refractivity contribution in [3.8, 4) is 0 Å². The van der Waals surface area contributed by atoms with E-state index in [0.717, 1.165) is 28.3 Å². The van der Waals surface area contributed by atoms with Gasteiger partial charge in [0, 0.05) is 0 Å². The van der Waals surface area contributed by atoms with Crippen LogP contribution in [-0.4, -0.2) is 31.1 Å². The fraction of sp³-hybridized carbons (Fsp3) is 0.143. The summed E-state index contributed by atoms with van der Waals surface area (Å²) in [5.41, 5.74) is 1.02. The predicted octanol–water partition coefficient (Wildman–Crippen LogP) is 0.516. The molecule has 0 radical (unpaired) electrons. The summed E-state index contributed by atoms with van der Waals surface area (Å²) in [5, 5.41) is 0. The van der Waals surface area contributed by atoms with Gasteiger partial charge in [-0.3, -0.25) is 0 Å². The van der Waals surface area contributed by atoms with Crippen LogP contribution in [0.3, 0.4) is 0 Å². The van der Waals surface area contributed by atoms with E-state index in [1.165, 1.54) is 12.1 Å². The Morgan fingerprint density at radius 3 is 2.17 bits per heavy atom. The molecule has 0 aliphatic rings.